The Labute approximate surface area is 157 Å². The molecule has 0 atom stereocenters. The predicted molar refractivity (Wildman–Crippen MR) is 102 cm³/mol. The smallest absolute Gasteiger partial charge is 0.262 e. The number of aromatic nitrogens is 1. The third-order valence-corrected chi connectivity index (χ3v) is 5.26. The molecule has 0 radical (unpaired) electrons. The Morgan fingerprint density at radius 2 is 1.88 bits per heavy atom. The van der Waals surface area contributed by atoms with Crippen LogP contribution in [0.15, 0.2) is 59.5 Å². The van der Waals surface area contributed by atoms with Crippen molar-refractivity contribution < 1.29 is 14.0 Å². The number of hydrogen-bond acceptors (Lipinski definition) is 5. The van der Waals surface area contributed by atoms with E-state index in [1.807, 2.05) is 24.3 Å². The first-order valence-electron chi connectivity index (χ1n) is 7.61. The fourth-order valence-corrected chi connectivity index (χ4v) is 3.63. The lowest BCUT2D eigenvalue weighted by Crippen LogP contribution is -2.41. The summed E-state index contributed by atoms with van der Waals surface area (Å²) in [6.07, 6.45) is 2.88. The van der Waals surface area contributed by atoms with Crippen LogP contribution >= 0.6 is 23.1 Å². The number of fused-ring (bicyclic) bond motifs is 1. The number of nitrogens with zero attached hydrogens (tertiary/aromatic N) is 1. The van der Waals surface area contributed by atoms with Crippen LogP contribution in [0.2, 0.25) is 0 Å². The molecule has 5 nitrogen and oxygen atoms in total. The molecule has 0 fully saturated rings. The number of rotatable bonds is 5. The first kappa shape index (κ1) is 18.1. The van der Waals surface area contributed by atoms with Gasteiger partial charge in [0.2, 0.25) is 5.91 Å². The zero-order valence-electron chi connectivity index (χ0n) is 13.4. The zero-order chi connectivity index (χ0) is 18.4. The largest absolute Gasteiger partial charge is 0.272 e. The van der Waals surface area contributed by atoms with E-state index in [1.165, 1.54) is 23.5 Å². The van der Waals surface area contributed by atoms with Crippen molar-refractivity contribution in [3.63, 3.8) is 0 Å². The van der Waals surface area contributed by atoms with Gasteiger partial charge in [-0.3, -0.25) is 20.4 Å². The highest BCUT2D eigenvalue weighted by molar-refractivity contribution is 8.00. The molecule has 1 aromatic heterocycles. The molecule has 0 aliphatic carbocycles. The first-order chi connectivity index (χ1) is 12.6. The van der Waals surface area contributed by atoms with Crippen molar-refractivity contribution in [2.75, 3.05) is 5.75 Å². The van der Waals surface area contributed by atoms with Crippen LogP contribution in [0.1, 0.15) is 5.01 Å². The van der Waals surface area contributed by atoms with Gasteiger partial charge in [0.1, 0.15) is 10.8 Å². The standard InChI is InChI=1S/C18H14FN3O2S2/c19-12-5-1-3-7-14(12)25-11-17(24)22-21-16(23)9-10-18-20-13-6-2-4-8-15(13)26-18/h1-10H,11H2,(H,21,23)(H,22,24)/b10-9+. The fraction of sp³-hybridized carbons (Fsp3) is 0.0556. The first-order valence-corrected chi connectivity index (χ1v) is 9.42. The number of thioether (sulfide) groups is 1. The van der Waals surface area contributed by atoms with Gasteiger partial charge in [-0.05, 0) is 30.3 Å². The molecule has 8 heteroatoms. The quantitative estimate of drug-likeness (QED) is 0.400. The van der Waals surface area contributed by atoms with Gasteiger partial charge in [-0.25, -0.2) is 9.37 Å². The van der Waals surface area contributed by atoms with E-state index in [1.54, 1.807) is 24.3 Å². The molecule has 3 rings (SSSR count). The molecule has 0 aliphatic rings. The maximum Gasteiger partial charge on any atom is 0.262 e. The Morgan fingerprint density at radius 1 is 1.12 bits per heavy atom. The number of carbonyl (C=O) groups is 2. The monoisotopic (exact) mass is 387 g/mol. The van der Waals surface area contributed by atoms with E-state index in [2.05, 4.69) is 15.8 Å². The van der Waals surface area contributed by atoms with Gasteiger partial charge in [0.15, 0.2) is 0 Å². The molecule has 1 heterocycles. The average molecular weight is 387 g/mol. The van der Waals surface area contributed by atoms with Gasteiger partial charge in [0.05, 0.1) is 16.0 Å². The van der Waals surface area contributed by atoms with Crippen LogP contribution in [-0.2, 0) is 9.59 Å². The minimum atomic E-state index is -0.478. The number of amides is 2. The zero-order valence-corrected chi connectivity index (χ0v) is 15.1. The van der Waals surface area contributed by atoms with E-state index in [9.17, 15) is 14.0 Å². The maximum atomic E-state index is 13.5. The highest BCUT2D eigenvalue weighted by atomic mass is 32.2. The number of benzene rings is 2. The minimum Gasteiger partial charge on any atom is -0.272 e. The van der Waals surface area contributed by atoms with E-state index in [0.717, 1.165) is 22.0 Å². The molecular formula is C18H14FN3O2S2. The highest BCUT2D eigenvalue weighted by Gasteiger charge is 2.07. The number of carbonyl (C=O) groups excluding carboxylic acids is 2. The molecule has 3 aromatic rings. The molecule has 26 heavy (non-hydrogen) atoms. The molecule has 2 amide bonds. The molecule has 132 valence electrons. The molecule has 0 saturated heterocycles. The molecule has 2 aromatic carbocycles. The fourth-order valence-electron chi connectivity index (χ4n) is 2.02. The second kappa shape index (κ2) is 8.59. The van der Waals surface area contributed by atoms with Crippen molar-refractivity contribution in [1.82, 2.24) is 15.8 Å². The van der Waals surface area contributed by atoms with Crippen molar-refractivity contribution in [3.8, 4) is 0 Å². The average Bonchev–Trinajstić information content (AvgIpc) is 3.07. The third-order valence-electron chi connectivity index (χ3n) is 3.21. The van der Waals surface area contributed by atoms with E-state index >= 15 is 0 Å². The summed E-state index contributed by atoms with van der Waals surface area (Å²) in [5, 5.41) is 0.697. The number of hydrazine groups is 1. The van der Waals surface area contributed by atoms with Crippen molar-refractivity contribution in [2.45, 2.75) is 4.90 Å². The van der Waals surface area contributed by atoms with Crippen LogP contribution in [0.5, 0.6) is 0 Å². The van der Waals surface area contributed by atoms with Crippen LogP contribution < -0.4 is 10.9 Å². The van der Waals surface area contributed by atoms with Gasteiger partial charge < -0.3 is 0 Å². The molecule has 2 N–H and O–H groups in total. The van der Waals surface area contributed by atoms with Crippen LogP contribution in [0, 0.1) is 5.82 Å². The van der Waals surface area contributed by atoms with Gasteiger partial charge in [-0.1, -0.05) is 24.3 Å². The Kier molecular flexibility index (Phi) is 5.98. The van der Waals surface area contributed by atoms with Crippen molar-refractivity contribution in [3.05, 3.63) is 65.4 Å². The summed E-state index contributed by atoms with van der Waals surface area (Å²) < 4.78 is 14.5. The lowest BCUT2D eigenvalue weighted by molar-refractivity contribution is -0.125. The van der Waals surface area contributed by atoms with Crippen LogP contribution in [0.4, 0.5) is 4.39 Å². The van der Waals surface area contributed by atoms with E-state index in [0.29, 0.717) is 9.90 Å². The van der Waals surface area contributed by atoms with Crippen LogP contribution in [0.25, 0.3) is 16.3 Å². The van der Waals surface area contributed by atoms with E-state index in [4.69, 9.17) is 0 Å². The Hall–Kier alpha value is -2.71. The summed E-state index contributed by atoms with van der Waals surface area (Å²) in [5.41, 5.74) is 5.44. The van der Waals surface area contributed by atoms with Gasteiger partial charge in [0, 0.05) is 11.0 Å². The lowest BCUT2D eigenvalue weighted by atomic mass is 10.3. The second-order valence-corrected chi connectivity index (χ2v) is 7.19. The van der Waals surface area contributed by atoms with Crippen LogP contribution in [-0.4, -0.2) is 22.6 Å². The van der Waals surface area contributed by atoms with Gasteiger partial charge >= 0.3 is 0 Å². The van der Waals surface area contributed by atoms with Gasteiger partial charge in [0.25, 0.3) is 5.91 Å². The Bertz CT molecular complexity index is 939. The summed E-state index contributed by atoms with van der Waals surface area (Å²) in [7, 11) is 0. The third kappa shape index (κ3) is 4.90. The summed E-state index contributed by atoms with van der Waals surface area (Å²) in [4.78, 5) is 28.2. The highest BCUT2D eigenvalue weighted by Crippen LogP contribution is 2.22. The molecule has 0 spiro atoms. The molecule has 0 bridgehead atoms. The van der Waals surface area contributed by atoms with Crippen molar-refractivity contribution in [1.29, 1.82) is 0 Å². The molecule has 0 unspecified atom stereocenters. The predicted octanol–water partition coefficient (Wildman–Crippen LogP) is 3.39. The number of hydrogen-bond donors (Lipinski definition) is 2. The van der Waals surface area contributed by atoms with E-state index in [-0.39, 0.29) is 11.6 Å². The second-order valence-electron chi connectivity index (χ2n) is 5.11. The topological polar surface area (TPSA) is 71.1 Å². The Morgan fingerprint density at radius 3 is 2.69 bits per heavy atom. The summed E-state index contributed by atoms with van der Waals surface area (Å²) in [6.45, 7) is 0. The molecule has 0 aliphatic heterocycles. The Balaban J connectivity index is 1.46. The summed E-state index contributed by atoms with van der Waals surface area (Å²) in [5.74, 6) is -1.30. The summed E-state index contributed by atoms with van der Waals surface area (Å²) >= 11 is 2.52. The van der Waals surface area contributed by atoms with Gasteiger partial charge in [-0.15, -0.1) is 23.1 Å². The number of nitrogens with one attached hydrogen (secondary N) is 2. The van der Waals surface area contributed by atoms with Crippen molar-refractivity contribution in [2.24, 2.45) is 0 Å². The summed E-state index contributed by atoms with van der Waals surface area (Å²) in [6, 6.07) is 13.9. The minimum absolute atomic E-state index is 0.0111. The SMILES string of the molecule is O=C(/C=C/c1nc2ccccc2s1)NNC(=O)CSc1ccccc1F. The number of halogens is 1. The van der Waals surface area contributed by atoms with E-state index < -0.39 is 11.8 Å². The normalized spacial score (nSPS) is 11.0. The lowest BCUT2D eigenvalue weighted by Gasteiger charge is -2.05. The number of thiazole rings is 1. The van der Waals surface area contributed by atoms with Gasteiger partial charge in [-0.2, -0.15) is 0 Å². The maximum absolute atomic E-state index is 13.5. The molecular weight excluding hydrogens is 373 g/mol. The van der Waals surface area contributed by atoms with Crippen LogP contribution in [0.3, 0.4) is 0 Å². The molecule has 0 saturated carbocycles. The van der Waals surface area contributed by atoms with Crippen molar-refractivity contribution >= 4 is 51.2 Å². The number of para-hydroxylation sites is 1.